The number of fused-ring (bicyclic) bond motifs is 2. The fourth-order valence-electron chi connectivity index (χ4n) is 2.85. The molecule has 6 nitrogen and oxygen atoms in total. The Labute approximate surface area is 159 Å². The fraction of sp³-hybridized carbons (Fsp3) is 0.0500. The average molecular weight is 380 g/mol. The van der Waals surface area contributed by atoms with Crippen molar-refractivity contribution in [1.82, 2.24) is 4.98 Å². The lowest BCUT2D eigenvalue weighted by Crippen LogP contribution is -2.00. The Bertz CT molecular complexity index is 1130. The number of hydrogen-bond donors (Lipinski definition) is 3. The maximum Gasteiger partial charge on any atom is 0.125 e. The van der Waals surface area contributed by atoms with Crippen LogP contribution in [0.2, 0.25) is 0 Å². The van der Waals surface area contributed by atoms with Gasteiger partial charge in [0, 0.05) is 16.5 Å². The topological polar surface area (TPSA) is 83.8 Å². The van der Waals surface area contributed by atoms with Crippen molar-refractivity contribution in [2.75, 3.05) is 5.48 Å². The summed E-state index contributed by atoms with van der Waals surface area (Å²) < 4.78 is 5.17. The van der Waals surface area contributed by atoms with Crippen molar-refractivity contribution < 1.29 is 19.5 Å². The molecule has 136 valence electrons. The van der Waals surface area contributed by atoms with E-state index in [1.807, 2.05) is 31.2 Å². The number of aryl methyl sites for hydroxylation is 1. The Hall–Kier alpha value is -3.00. The number of pyridine rings is 1. The Balaban J connectivity index is 1.44. The van der Waals surface area contributed by atoms with Gasteiger partial charge >= 0.3 is 0 Å². The molecule has 0 aliphatic heterocycles. The van der Waals surface area contributed by atoms with Crippen LogP contribution < -0.4 is 5.48 Å². The van der Waals surface area contributed by atoms with Gasteiger partial charge in [0.15, 0.2) is 0 Å². The quantitative estimate of drug-likeness (QED) is 0.146. The van der Waals surface area contributed by atoms with E-state index >= 15 is 0 Å². The van der Waals surface area contributed by atoms with Crippen molar-refractivity contribution in [2.45, 2.75) is 11.8 Å². The van der Waals surface area contributed by atoms with Gasteiger partial charge in [0.1, 0.15) is 11.5 Å². The first-order valence-corrected chi connectivity index (χ1v) is 8.93. The molecule has 0 unspecified atom stereocenters. The van der Waals surface area contributed by atoms with Crippen molar-refractivity contribution >= 4 is 39.4 Å². The lowest BCUT2D eigenvalue weighted by atomic mass is 10.1. The van der Waals surface area contributed by atoms with Crippen molar-refractivity contribution in [3.63, 3.8) is 0 Å². The van der Waals surface area contributed by atoms with E-state index in [2.05, 4.69) is 10.5 Å². The molecule has 4 rings (SSSR count). The summed E-state index contributed by atoms with van der Waals surface area (Å²) >= 11 is 1.04. The summed E-state index contributed by atoms with van der Waals surface area (Å²) in [5.41, 5.74) is 4.65. The summed E-state index contributed by atoms with van der Waals surface area (Å²) in [6.07, 6.45) is 1.63. The third-order valence-corrected chi connectivity index (χ3v) is 4.88. The number of aromatic nitrogens is 1. The van der Waals surface area contributed by atoms with Crippen LogP contribution in [0.15, 0.2) is 65.7 Å². The lowest BCUT2D eigenvalue weighted by molar-refractivity contribution is -0.160. The van der Waals surface area contributed by atoms with Gasteiger partial charge in [-0.25, -0.2) is 5.48 Å². The molecule has 0 bridgehead atoms. The second-order valence-corrected chi connectivity index (χ2v) is 6.74. The largest absolute Gasteiger partial charge is 0.508 e. The Morgan fingerprint density at radius 2 is 1.78 bits per heavy atom. The van der Waals surface area contributed by atoms with Crippen LogP contribution in [-0.4, -0.2) is 15.2 Å². The molecule has 1 aromatic heterocycles. The molecular formula is C20H16N2O4S. The van der Waals surface area contributed by atoms with Crippen molar-refractivity contribution in [3.05, 3.63) is 66.4 Å². The first-order chi connectivity index (χ1) is 13.1. The van der Waals surface area contributed by atoms with E-state index in [1.54, 1.807) is 36.5 Å². The normalized spacial score (nSPS) is 11.1. The molecule has 0 amide bonds. The highest BCUT2D eigenvalue weighted by Crippen LogP contribution is 2.31. The van der Waals surface area contributed by atoms with Crippen LogP contribution >= 0.6 is 12.0 Å². The van der Waals surface area contributed by atoms with Gasteiger partial charge in [0.2, 0.25) is 0 Å². The third-order valence-electron chi connectivity index (χ3n) is 4.30. The molecule has 0 saturated heterocycles. The van der Waals surface area contributed by atoms with E-state index in [0.29, 0.717) is 16.6 Å². The van der Waals surface area contributed by atoms with Crippen LogP contribution in [0, 0.1) is 6.92 Å². The highest BCUT2D eigenvalue weighted by molar-refractivity contribution is 7.94. The van der Waals surface area contributed by atoms with Gasteiger partial charge in [0.05, 0.1) is 23.2 Å². The summed E-state index contributed by atoms with van der Waals surface area (Å²) in [5.74, 6) is 0.406. The monoisotopic (exact) mass is 380 g/mol. The molecule has 0 spiro atoms. The number of phenolic OH excluding ortho intramolecular Hbond substituents is 2. The van der Waals surface area contributed by atoms with Gasteiger partial charge in [-0.15, -0.1) is 9.32 Å². The summed E-state index contributed by atoms with van der Waals surface area (Å²) in [6, 6.07) is 16.1. The minimum Gasteiger partial charge on any atom is -0.508 e. The predicted octanol–water partition coefficient (Wildman–Crippen LogP) is 5.09. The molecule has 0 aliphatic rings. The molecule has 0 aliphatic carbocycles. The van der Waals surface area contributed by atoms with Crippen LogP contribution in [-0.2, 0) is 9.32 Å². The Morgan fingerprint density at radius 3 is 2.67 bits per heavy atom. The molecular weight excluding hydrogens is 364 g/mol. The zero-order valence-electron chi connectivity index (χ0n) is 14.3. The number of anilines is 1. The Morgan fingerprint density at radius 1 is 0.963 bits per heavy atom. The van der Waals surface area contributed by atoms with Crippen LogP contribution in [0.5, 0.6) is 11.5 Å². The zero-order chi connectivity index (χ0) is 18.8. The summed E-state index contributed by atoms with van der Waals surface area (Å²) in [6.45, 7) is 1.87. The van der Waals surface area contributed by atoms with E-state index in [9.17, 15) is 10.2 Å². The van der Waals surface area contributed by atoms with E-state index < -0.39 is 0 Å². The van der Waals surface area contributed by atoms with Crippen molar-refractivity contribution in [1.29, 1.82) is 0 Å². The number of hydrogen-bond acceptors (Lipinski definition) is 7. The molecule has 7 heteroatoms. The highest BCUT2D eigenvalue weighted by atomic mass is 32.2. The fourth-order valence-corrected chi connectivity index (χ4v) is 3.28. The standard InChI is InChI=1S/C20H16N2O4S/c1-12-16-11-14(6-4-13(16)5-8-18(12)23)27-26-25-22-17-7-9-19(24)15-3-2-10-21-20(15)17/h2-11,22-24H,1H3. The Kier molecular flexibility index (Phi) is 4.72. The first kappa shape index (κ1) is 17.4. The van der Waals surface area contributed by atoms with E-state index in [-0.39, 0.29) is 11.5 Å². The number of aromatic hydroxyl groups is 2. The van der Waals surface area contributed by atoms with Crippen LogP contribution in [0.25, 0.3) is 21.7 Å². The second kappa shape index (κ2) is 7.32. The van der Waals surface area contributed by atoms with Crippen LogP contribution in [0.4, 0.5) is 5.69 Å². The first-order valence-electron chi connectivity index (χ1n) is 8.19. The van der Waals surface area contributed by atoms with Gasteiger partial charge in [-0.3, -0.25) is 4.98 Å². The molecule has 0 radical (unpaired) electrons. The maximum absolute atomic E-state index is 9.88. The number of rotatable bonds is 5. The van der Waals surface area contributed by atoms with Gasteiger partial charge < -0.3 is 10.2 Å². The van der Waals surface area contributed by atoms with E-state index in [1.165, 1.54) is 0 Å². The third kappa shape index (κ3) is 3.48. The van der Waals surface area contributed by atoms with Gasteiger partial charge in [0.25, 0.3) is 0 Å². The second-order valence-electron chi connectivity index (χ2n) is 5.96. The predicted molar refractivity (Wildman–Crippen MR) is 105 cm³/mol. The van der Waals surface area contributed by atoms with Gasteiger partial charge in [-0.05, 0) is 65.7 Å². The zero-order valence-corrected chi connectivity index (χ0v) is 15.2. The number of benzene rings is 3. The van der Waals surface area contributed by atoms with E-state index in [4.69, 9.17) is 9.32 Å². The minimum absolute atomic E-state index is 0.147. The highest BCUT2D eigenvalue weighted by Gasteiger charge is 2.08. The average Bonchev–Trinajstić information content (AvgIpc) is 2.70. The van der Waals surface area contributed by atoms with Crippen LogP contribution in [0.1, 0.15) is 5.56 Å². The molecule has 0 atom stereocenters. The SMILES string of the molecule is Cc1c(O)ccc2ccc(SOONc3ccc(O)c4cccnc34)cc12. The summed E-state index contributed by atoms with van der Waals surface area (Å²) in [7, 11) is 0. The van der Waals surface area contributed by atoms with Crippen molar-refractivity contribution in [3.8, 4) is 11.5 Å². The van der Waals surface area contributed by atoms with Gasteiger partial charge in [-0.2, -0.15) is 0 Å². The smallest absolute Gasteiger partial charge is 0.125 e. The summed E-state index contributed by atoms with van der Waals surface area (Å²) in [5, 5.41) is 22.3. The number of nitrogens with zero attached hydrogens (tertiary/aromatic N) is 1. The van der Waals surface area contributed by atoms with Crippen LogP contribution in [0.3, 0.4) is 0 Å². The lowest BCUT2D eigenvalue weighted by Gasteiger charge is -2.09. The molecule has 27 heavy (non-hydrogen) atoms. The van der Waals surface area contributed by atoms with E-state index in [0.717, 1.165) is 33.3 Å². The molecule has 3 aromatic carbocycles. The minimum atomic E-state index is 0.147. The number of nitrogens with one attached hydrogen (secondary N) is 1. The number of phenols is 2. The molecule has 1 heterocycles. The molecule has 3 N–H and O–H groups in total. The summed E-state index contributed by atoms with van der Waals surface area (Å²) in [4.78, 5) is 10.1. The maximum atomic E-state index is 9.88. The molecule has 0 fully saturated rings. The van der Waals surface area contributed by atoms with Crippen molar-refractivity contribution in [2.24, 2.45) is 0 Å². The molecule has 0 saturated carbocycles. The molecule has 4 aromatic rings. The van der Waals surface area contributed by atoms with Gasteiger partial charge in [-0.1, -0.05) is 12.1 Å².